The maximum Gasteiger partial charge on any atom is 0.328 e. The average molecular weight is 327 g/mol. The van der Waals surface area contributed by atoms with Gasteiger partial charge in [-0.3, -0.25) is 9.59 Å². The highest BCUT2D eigenvalue weighted by molar-refractivity contribution is 5.91. The van der Waals surface area contributed by atoms with Crippen LogP contribution in [0, 0.1) is 0 Å². The molecule has 1 rings (SSSR count). The Kier molecular flexibility index (Phi) is 6.66. The molecule has 1 aromatic rings. The van der Waals surface area contributed by atoms with Gasteiger partial charge in [0.25, 0.3) is 0 Å². The number of carboxylic acids is 1. The molecule has 10 nitrogen and oxygen atoms in total. The number of imidazole rings is 1. The van der Waals surface area contributed by atoms with Crippen LogP contribution in [0.4, 0.5) is 0 Å². The molecule has 0 unspecified atom stereocenters. The molecule has 0 aliphatic heterocycles. The molecule has 0 aliphatic carbocycles. The van der Waals surface area contributed by atoms with E-state index in [9.17, 15) is 19.5 Å². The number of nitrogens with zero attached hydrogens (tertiary/aromatic N) is 1. The van der Waals surface area contributed by atoms with Gasteiger partial charge < -0.3 is 31.6 Å². The molecule has 0 fully saturated rings. The topological polar surface area (TPSA) is 170 Å². The third-order valence-electron chi connectivity index (χ3n) is 3.13. The second-order valence-electron chi connectivity index (χ2n) is 5.18. The van der Waals surface area contributed by atoms with Crippen LogP contribution in [0.25, 0.3) is 0 Å². The van der Waals surface area contributed by atoms with Crippen LogP contribution >= 0.6 is 0 Å². The number of H-pyrrole nitrogens is 1. The third kappa shape index (κ3) is 5.68. The summed E-state index contributed by atoms with van der Waals surface area (Å²) in [6, 6.07) is -3.35. The van der Waals surface area contributed by atoms with Crippen LogP contribution in [0.15, 0.2) is 12.5 Å². The Balaban J connectivity index is 2.53. The van der Waals surface area contributed by atoms with Crippen molar-refractivity contribution in [3.63, 3.8) is 0 Å². The molecular weight excluding hydrogens is 306 g/mol. The molecule has 0 aromatic carbocycles. The van der Waals surface area contributed by atoms with Gasteiger partial charge in [-0.15, -0.1) is 0 Å². The quantitative estimate of drug-likeness (QED) is 0.312. The molecule has 7 N–H and O–H groups in total. The van der Waals surface area contributed by atoms with E-state index in [1.807, 2.05) is 0 Å². The molecule has 0 saturated carbocycles. The number of amides is 2. The molecule has 2 amide bonds. The van der Waals surface area contributed by atoms with Crippen LogP contribution in [-0.4, -0.2) is 62.2 Å². The van der Waals surface area contributed by atoms with E-state index in [0.717, 1.165) is 0 Å². The lowest BCUT2D eigenvalue weighted by Gasteiger charge is -2.21. The van der Waals surface area contributed by atoms with Gasteiger partial charge in [-0.25, -0.2) is 9.78 Å². The highest BCUT2D eigenvalue weighted by Gasteiger charge is 2.28. The fourth-order valence-corrected chi connectivity index (χ4v) is 1.78. The van der Waals surface area contributed by atoms with Crippen LogP contribution in [0.3, 0.4) is 0 Å². The summed E-state index contributed by atoms with van der Waals surface area (Å²) in [5, 5.41) is 22.7. The van der Waals surface area contributed by atoms with Gasteiger partial charge in [-0.2, -0.15) is 0 Å². The van der Waals surface area contributed by atoms with Crippen molar-refractivity contribution in [1.82, 2.24) is 20.6 Å². The largest absolute Gasteiger partial charge is 0.480 e. The fraction of sp³-hybridized carbons (Fsp3) is 0.538. The number of rotatable bonds is 8. The predicted molar refractivity (Wildman–Crippen MR) is 79.1 cm³/mol. The lowest BCUT2D eigenvalue weighted by Crippen LogP contribution is -2.55. The zero-order valence-electron chi connectivity index (χ0n) is 12.8. The summed E-state index contributed by atoms with van der Waals surface area (Å²) in [5.41, 5.74) is 6.40. The summed E-state index contributed by atoms with van der Waals surface area (Å²) < 4.78 is 0. The van der Waals surface area contributed by atoms with E-state index in [1.165, 1.54) is 26.4 Å². The van der Waals surface area contributed by atoms with Gasteiger partial charge in [0.1, 0.15) is 6.04 Å². The number of hydrogen-bond donors (Lipinski definition) is 6. The Morgan fingerprint density at radius 3 is 2.43 bits per heavy atom. The normalized spacial score (nSPS) is 16.0. The summed E-state index contributed by atoms with van der Waals surface area (Å²) >= 11 is 0. The summed E-state index contributed by atoms with van der Waals surface area (Å²) in [4.78, 5) is 41.3. The lowest BCUT2D eigenvalue weighted by atomic mass is 10.1. The Morgan fingerprint density at radius 1 is 1.30 bits per heavy atom. The summed E-state index contributed by atoms with van der Waals surface area (Å²) in [7, 11) is 0. The Bertz CT molecular complexity index is 545. The highest BCUT2D eigenvalue weighted by Crippen LogP contribution is 1.98. The van der Waals surface area contributed by atoms with Gasteiger partial charge >= 0.3 is 5.97 Å². The first kappa shape index (κ1) is 18.6. The van der Waals surface area contributed by atoms with Crippen molar-refractivity contribution in [2.75, 3.05) is 0 Å². The molecule has 1 aromatic heterocycles. The minimum Gasteiger partial charge on any atom is -0.480 e. The van der Waals surface area contributed by atoms with Crippen molar-refractivity contribution in [1.29, 1.82) is 0 Å². The van der Waals surface area contributed by atoms with E-state index >= 15 is 0 Å². The van der Waals surface area contributed by atoms with E-state index < -0.39 is 42.0 Å². The first-order valence-electron chi connectivity index (χ1n) is 6.96. The number of nitrogens with one attached hydrogen (secondary N) is 3. The molecule has 1 heterocycles. The number of carbonyl (C=O) groups is 3. The second-order valence-corrected chi connectivity index (χ2v) is 5.18. The molecule has 0 bridgehead atoms. The van der Waals surface area contributed by atoms with Gasteiger partial charge in [0.15, 0.2) is 6.04 Å². The molecular formula is C13H21N5O5. The SMILES string of the molecule is C[C@H](NC(=O)[C@@H](N)Cc1cnc[nH]1)C(=O)N[C@H](C(=O)O)[C@@H](C)O. The zero-order chi connectivity index (χ0) is 17.6. The second kappa shape index (κ2) is 8.25. The number of nitrogens with two attached hydrogens (primary N) is 1. The molecule has 23 heavy (non-hydrogen) atoms. The number of carbonyl (C=O) groups excluding carboxylic acids is 2. The Labute approximate surface area is 132 Å². The van der Waals surface area contributed by atoms with Gasteiger partial charge in [0, 0.05) is 18.3 Å². The number of aliphatic hydroxyl groups is 1. The van der Waals surface area contributed by atoms with Crippen LogP contribution in [0.5, 0.6) is 0 Å². The van der Waals surface area contributed by atoms with E-state index in [2.05, 4.69) is 20.6 Å². The number of aliphatic hydroxyl groups excluding tert-OH is 1. The average Bonchev–Trinajstić information content (AvgIpc) is 2.96. The maximum absolute atomic E-state index is 11.9. The van der Waals surface area contributed by atoms with Crippen molar-refractivity contribution in [3.8, 4) is 0 Å². The summed E-state index contributed by atoms with van der Waals surface area (Å²) in [6.07, 6.45) is 1.93. The number of carboxylic acid groups (broad SMARTS) is 1. The first-order valence-corrected chi connectivity index (χ1v) is 6.96. The minimum atomic E-state index is -1.46. The van der Waals surface area contributed by atoms with Crippen molar-refractivity contribution < 1.29 is 24.6 Å². The molecule has 0 aliphatic rings. The van der Waals surface area contributed by atoms with Crippen LogP contribution in [0.2, 0.25) is 0 Å². The van der Waals surface area contributed by atoms with Crippen molar-refractivity contribution in [2.24, 2.45) is 5.73 Å². The Morgan fingerprint density at radius 2 is 1.96 bits per heavy atom. The number of aromatic amines is 1. The standard InChI is InChI=1S/C13H21N5O5/c1-6(11(20)18-10(7(2)19)13(22)23)17-12(21)9(14)3-8-4-15-5-16-8/h4-7,9-10,19H,3,14H2,1-2H3,(H,15,16)(H,17,21)(H,18,20)(H,22,23)/t6-,7+,9-,10-/m0/s1. The predicted octanol–water partition coefficient (Wildman–Crippen LogP) is -2.27. The van der Waals surface area contributed by atoms with E-state index in [-0.39, 0.29) is 6.42 Å². The number of hydrogen-bond acceptors (Lipinski definition) is 6. The smallest absolute Gasteiger partial charge is 0.328 e. The molecule has 4 atom stereocenters. The third-order valence-corrected chi connectivity index (χ3v) is 3.13. The first-order chi connectivity index (χ1) is 10.7. The van der Waals surface area contributed by atoms with Gasteiger partial charge in [0.05, 0.1) is 18.5 Å². The Hall–Kier alpha value is -2.46. The molecule has 10 heteroatoms. The lowest BCUT2D eigenvalue weighted by molar-refractivity contribution is -0.145. The maximum atomic E-state index is 11.9. The van der Waals surface area contributed by atoms with E-state index in [4.69, 9.17) is 10.8 Å². The van der Waals surface area contributed by atoms with E-state index in [0.29, 0.717) is 5.69 Å². The van der Waals surface area contributed by atoms with Crippen LogP contribution in [0.1, 0.15) is 19.5 Å². The monoisotopic (exact) mass is 327 g/mol. The van der Waals surface area contributed by atoms with Crippen molar-refractivity contribution in [3.05, 3.63) is 18.2 Å². The molecule has 0 spiro atoms. The number of aliphatic carboxylic acids is 1. The zero-order valence-corrected chi connectivity index (χ0v) is 12.8. The minimum absolute atomic E-state index is 0.214. The van der Waals surface area contributed by atoms with Gasteiger partial charge in [0.2, 0.25) is 11.8 Å². The highest BCUT2D eigenvalue weighted by atomic mass is 16.4. The fourth-order valence-electron chi connectivity index (χ4n) is 1.78. The van der Waals surface area contributed by atoms with Crippen molar-refractivity contribution in [2.45, 2.75) is 44.5 Å². The molecule has 0 radical (unpaired) electrons. The van der Waals surface area contributed by atoms with Crippen LogP contribution in [-0.2, 0) is 20.8 Å². The molecule has 128 valence electrons. The van der Waals surface area contributed by atoms with Gasteiger partial charge in [-0.05, 0) is 13.8 Å². The van der Waals surface area contributed by atoms with Crippen LogP contribution < -0.4 is 16.4 Å². The number of aromatic nitrogens is 2. The molecule has 0 saturated heterocycles. The van der Waals surface area contributed by atoms with Gasteiger partial charge in [-0.1, -0.05) is 0 Å². The van der Waals surface area contributed by atoms with E-state index in [1.54, 1.807) is 0 Å². The summed E-state index contributed by atoms with van der Waals surface area (Å²) in [5.74, 6) is -2.67. The summed E-state index contributed by atoms with van der Waals surface area (Å²) in [6.45, 7) is 2.62. The van der Waals surface area contributed by atoms with Crippen molar-refractivity contribution >= 4 is 17.8 Å².